The van der Waals surface area contributed by atoms with Crippen molar-refractivity contribution in [2.45, 2.75) is 37.5 Å². The van der Waals surface area contributed by atoms with Gasteiger partial charge in [-0.1, -0.05) is 0 Å². The van der Waals surface area contributed by atoms with Gasteiger partial charge in [0.15, 0.2) is 5.79 Å². The van der Waals surface area contributed by atoms with E-state index in [2.05, 4.69) is 0 Å². The first-order valence-electron chi connectivity index (χ1n) is 7.58. The lowest BCUT2D eigenvalue weighted by molar-refractivity contribution is -0.182. The number of nitrogens with zero attached hydrogens (tertiary/aromatic N) is 2. The minimum Gasteiger partial charge on any atom is -0.378 e. The molecular weight excluding hydrogens is 260 g/mol. The van der Waals surface area contributed by atoms with E-state index in [1.54, 1.807) is 0 Å². The van der Waals surface area contributed by atoms with E-state index in [0.717, 1.165) is 25.7 Å². The number of amides is 2. The topological polar surface area (TPSA) is 51.2 Å². The summed E-state index contributed by atoms with van der Waals surface area (Å²) in [5.74, 6) is -0.348. The Kier molecular flexibility index (Phi) is 4.14. The number of hydrogen-bond donors (Lipinski definition) is 0. The molecule has 3 aliphatic rings. The third-order valence-corrected chi connectivity index (χ3v) is 4.66. The number of rotatable bonds is 1. The summed E-state index contributed by atoms with van der Waals surface area (Å²) in [4.78, 5) is 16.2. The van der Waals surface area contributed by atoms with Crippen molar-refractivity contribution < 1.29 is 19.0 Å². The maximum absolute atomic E-state index is 12.4. The first-order chi connectivity index (χ1) is 9.70. The summed E-state index contributed by atoms with van der Waals surface area (Å²) >= 11 is 0. The van der Waals surface area contributed by atoms with Crippen LogP contribution in [-0.4, -0.2) is 74.2 Å². The van der Waals surface area contributed by atoms with E-state index in [1.807, 2.05) is 16.8 Å². The summed E-state index contributed by atoms with van der Waals surface area (Å²) < 4.78 is 16.8. The van der Waals surface area contributed by atoms with Crippen LogP contribution in [0, 0.1) is 0 Å². The molecule has 0 aromatic carbocycles. The first-order valence-corrected chi connectivity index (χ1v) is 7.58. The average Bonchev–Trinajstić information content (AvgIpc) is 2.96. The third-order valence-electron chi connectivity index (χ3n) is 4.66. The van der Waals surface area contributed by atoms with Crippen molar-refractivity contribution in [2.24, 2.45) is 0 Å². The number of morpholine rings is 1. The fourth-order valence-corrected chi connectivity index (χ4v) is 3.35. The first kappa shape index (κ1) is 14.1. The molecule has 0 atom stereocenters. The second kappa shape index (κ2) is 5.87. The fraction of sp³-hybridized carbons (Fsp3) is 0.929. The zero-order chi connectivity index (χ0) is 14.0. The maximum Gasteiger partial charge on any atom is 0.320 e. The third kappa shape index (κ3) is 2.77. The summed E-state index contributed by atoms with van der Waals surface area (Å²) in [5, 5.41) is 0. The Morgan fingerprint density at radius 1 is 1.10 bits per heavy atom. The predicted octanol–water partition coefficient (Wildman–Crippen LogP) is 1.06. The summed E-state index contributed by atoms with van der Waals surface area (Å²) in [6.45, 7) is 4.10. The highest BCUT2D eigenvalue weighted by atomic mass is 16.7. The Balaban J connectivity index is 1.52. The van der Waals surface area contributed by atoms with E-state index in [1.165, 1.54) is 0 Å². The van der Waals surface area contributed by atoms with Gasteiger partial charge in [-0.15, -0.1) is 0 Å². The van der Waals surface area contributed by atoms with Gasteiger partial charge in [0.2, 0.25) is 0 Å². The molecule has 0 unspecified atom stereocenters. The second-order valence-corrected chi connectivity index (χ2v) is 5.83. The zero-order valence-electron chi connectivity index (χ0n) is 12.2. The molecule has 3 rings (SSSR count). The fourth-order valence-electron chi connectivity index (χ4n) is 3.35. The lowest BCUT2D eigenvalue weighted by Crippen LogP contribution is -2.52. The summed E-state index contributed by atoms with van der Waals surface area (Å²) in [6, 6.07) is 0.422. The molecule has 0 N–H and O–H groups in total. The van der Waals surface area contributed by atoms with Gasteiger partial charge in [0.25, 0.3) is 0 Å². The molecule has 0 aromatic rings. The van der Waals surface area contributed by atoms with Gasteiger partial charge in [-0.05, 0) is 12.8 Å². The Hall–Kier alpha value is -0.850. The van der Waals surface area contributed by atoms with Gasteiger partial charge in [0, 0.05) is 39.0 Å². The SMILES string of the molecule is CN(C(=O)N1CCOCC1)C1CCC2(CC1)OCCO2. The van der Waals surface area contributed by atoms with Gasteiger partial charge in [0.1, 0.15) is 0 Å². The van der Waals surface area contributed by atoms with Crippen LogP contribution in [0.5, 0.6) is 0 Å². The largest absolute Gasteiger partial charge is 0.378 e. The lowest BCUT2D eigenvalue weighted by Gasteiger charge is -2.41. The number of hydrogen-bond acceptors (Lipinski definition) is 4. The standard InChI is InChI=1S/C14H24N2O4/c1-15(13(17)16-6-8-18-9-7-16)12-2-4-14(5-3-12)19-10-11-20-14/h12H,2-11H2,1H3. The zero-order valence-corrected chi connectivity index (χ0v) is 12.2. The van der Waals surface area contributed by atoms with Crippen molar-refractivity contribution in [2.75, 3.05) is 46.6 Å². The molecule has 3 fully saturated rings. The van der Waals surface area contributed by atoms with Crippen LogP contribution in [0.25, 0.3) is 0 Å². The highest BCUT2D eigenvalue weighted by Gasteiger charge is 2.42. The van der Waals surface area contributed by atoms with Crippen LogP contribution in [0.3, 0.4) is 0 Å². The molecule has 2 aliphatic heterocycles. The molecule has 2 amide bonds. The number of urea groups is 1. The van der Waals surface area contributed by atoms with Crippen LogP contribution in [0.15, 0.2) is 0 Å². The van der Waals surface area contributed by atoms with Crippen LogP contribution < -0.4 is 0 Å². The van der Waals surface area contributed by atoms with Crippen molar-refractivity contribution in [3.05, 3.63) is 0 Å². The van der Waals surface area contributed by atoms with Crippen LogP contribution in [-0.2, 0) is 14.2 Å². The molecule has 1 spiro atoms. The van der Waals surface area contributed by atoms with Crippen molar-refractivity contribution in [1.29, 1.82) is 0 Å². The molecular formula is C14H24N2O4. The Bertz CT molecular complexity index is 341. The minimum absolute atomic E-state index is 0.127. The average molecular weight is 284 g/mol. The van der Waals surface area contributed by atoms with E-state index in [4.69, 9.17) is 14.2 Å². The second-order valence-electron chi connectivity index (χ2n) is 5.83. The highest BCUT2D eigenvalue weighted by Crippen LogP contribution is 2.37. The monoisotopic (exact) mass is 284 g/mol. The van der Waals surface area contributed by atoms with Gasteiger partial charge in [0.05, 0.1) is 26.4 Å². The predicted molar refractivity (Wildman–Crippen MR) is 72.4 cm³/mol. The molecule has 1 aliphatic carbocycles. The molecule has 0 bridgehead atoms. The number of carbonyl (C=O) groups excluding carboxylic acids is 1. The summed E-state index contributed by atoms with van der Waals surface area (Å²) in [5.41, 5.74) is 0. The van der Waals surface area contributed by atoms with Gasteiger partial charge < -0.3 is 24.0 Å². The van der Waals surface area contributed by atoms with Gasteiger partial charge >= 0.3 is 6.03 Å². The van der Waals surface area contributed by atoms with Crippen LogP contribution >= 0.6 is 0 Å². The minimum atomic E-state index is -0.348. The van der Waals surface area contributed by atoms with Crippen LogP contribution in [0.4, 0.5) is 4.79 Å². The van der Waals surface area contributed by atoms with Crippen molar-refractivity contribution >= 4 is 6.03 Å². The van der Waals surface area contributed by atoms with E-state index < -0.39 is 0 Å². The smallest absolute Gasteiger partial charge is 0.320 e. The van der Waals surface area contributed by atoms with Gasteiger partial charge in [-0.2, -0.15) is 0 Å². The van der Waals surface area contributed by atoms with Crippen LogP contribution in [0.2, 0.25) is 0 Å². The molecule has 6 nitrogen and oxygen atoms in total. The summed E-state index contributed by atoms with van der Waals surface area (Å²) in [6.07, 6.45) is 3.68. The highest BCUT2D eigenvalue weighted by molar-refractivity contribution is 5.74. The Morgan fingerprint density at radius 3 is 2.30 bits per heavy atom. The molecule has 2 heterocycles. The molecule has 114 valence electrons. The molecule has 1 saturated carbocycles. The molecule has 2 saturated heterocycles. The molecule has 0 radical (unpaired) electrons. The maximum atomic E-state index is 12.4. The number of carbonyl (C=O) groups is 1. The van der Waals surface area contributed by atoms with Gasteiger partial charge in [-0.3, -0.25) is 0 Å². The molecule has 0 aromatic heterocycles. The molecule has 6 heteroatoms. The van der Waals surface area contributed by atoms with E-state index in [9.17, 15) is 4.79 Å². The van der Waals surface area contributed by atoms with Gasteiger partial charge in [-0.25, -0.2) is 4.79 Å². The van der Waals surface area contributed by atoms with E-state index in [-0.39, 0.29) is 11.8 Å². The molecule has 20 heavy (non-hydrogen) atoms. The van der Waals surface area contributed by atoms with Crippen LogP contribution in [0.1, 0.15) is 25.7 Å². The van der Waals surface area contributed by atoms with E-state index in [0.29, 0.717) is 45.6 Å². The van der Waals surface area contributed by atoms with Crippen molar-refractivity contribution in [3.8, 4) is 0 Å². The van der Waals surface area contributed by atoms with E-state index >= 15 is 0 Å². The quantitative estimate of drug-likeness (QED) is 0.722. The Morgan fingerprint density at radius 2 is 1.70 bits per heavy atom. The number of ether oxygens (including phenoxy) is 3. The summed E-state index contributed by atoms with van der Waals surface area (Å²) in [7, 11) is 1.91. The van der Waals surface area contributed by atoms with Crippen molar-refractivity contribution in [3.63, 3.8) is 0 Å². The lowest BCUT2D eigenvalue weighted by atomic mass is 9.89. The normalized spacial score (nSPS) is 26.9. The Labute approximate surface area is 119 Å². The van der Waals surface area contributed by atoms with Crippen molar-refractivity contribution in [1.82, 2.24) is 9.80 Å².